The average Bonchev–Trinajstić information content (AvgIpc) is 3.35. The van der Waals surface area contributed by atoms with E-state index in [1.807, 2.05) is 0 Å². The second kappa shape index (κ2) is 8.61. The van der Waals surface area contributed by atoms with Crippen molar-refractivity contribution >= 4 is 46.5 Å². The van der Waals surface area contributed by atoms with Crippen LogP contribution >= 0.6 is 34.8 Å². The van der Waals surface area contributed by atoms with Crippen molar-refractivity contribution in [3.8, 4) is 0 Å². The van der Waals surface area contributed by atoms with Crippen LogP contribution in [0.3, 0.4) is 0 Å². The lowest BCUT2D eigenvalue weighted by atomic mass is 10.2. The molecule has 32 heavy (non-hydrogen) atoms. The fourth-order valence-corrected chi connectivity index (χ4v) is 3.93. The first-order chi connectivity index (χ1) is 15.0. The molecule has 4 rings (SSSR count). The van der Waals surface area contributed by atoms with Gasteiger partial charge in [-0.25, -0.2) is 0 Å². The Morgan fingerprint density at radius 3 is 2.53 bits per heavy atom. The van der Waals surface area contributed by atoms with Gasteiger partial charge in [0.2, 0.25) is 5.91 Å². The van der Waals surface area contributed by atoms with Gasteiger partial charge in [-0.2, -0.15) is 23.4 Å². The highest BCUT2D eigenvalue weighted by atomic mass is 35.5. The van der Waals surface area contributed by atoms with Gasteiger partial charge < -0.3 is 5.32 Å². The van der Waals surface area contributed by atoms with Crippen LogP contribution in [0.5, 0.6) is 0 Å². The molecule has 170 valence electrons. The highest BCUT2D eigenvalue weighted by Crippen LogP contribution is 2.43. The lowest BCUT2D eigenvalue weighted by Crippen LogP contribution is -2.26. The summed E-state index contributed by atoms with van der Waals surface area (Å²) in [6.45, 7) is 1.76. The number of rotatable bonds is 6. The highest BCUT2D eigenvalue weighted by molar-refractivity contribution is 6.35. The molecule has 1 saturated carbocycles. The number of nitrogens with zero attached hydrogens (tertiary/aromatic N) is 4. The Morgan fingerprint density at radius 2 is 1.91 bits per heavy atom. The van der Waals surface area contributed by atoms with Crippen molar-refractivity contribution < 1.29 is 18.0 Å². The van der Waals surface area contributed by atoms with Crippen LogP contribution in [-0.4, -0.2) is 25.5 Å². The van der Waals surface area contributed by atoms with Gasteiger partial charge in [0, 0.05) is 27.9 Å². The summed E-state index contributed by atoms with van der Waals surface area (Å²) in [7, 11) is 0. The maximum absolute atomic E-state index is 13.1. The first-order valence-corrected chi connectivity index (χ1v) is 10.8. The zero-order valence-corrected chi connectivity index (χ0v) is 18.9. The molecule has 1 N–H and O–H groups in total. The SMILES string of the molecule is CC(C(=O)Nc1nn(Cc2ccc(Cl)cc2Cl)cc1Cl)n1nc(C(F)(F)F)cc1C1CC1. The minimum absolute atomic E-state index is 0.0271. The quantitative estimate of drug-likeness (QED) is 0.434. The van der Waals surface area contributed by atoms with Crippen LogP contribution in [0.15, 0.2) is 30.5 Å². The molecule has 2 aromatic heterocycles. The third kappa shape index (κ3) is 4.89. The Balaban J connectivity index is 1.51. The van der Waals surface area contributed by atoms with E-state index in [0.717, 1.165) is 29.2 Å². The number of hydrogen-bond acceptors (Lipinski definition) is 3. The van der Waals surface area contributed by atoms with Crippen LogP contribution in [0.1, 0.15) is 48.7 Å². The Hall–Kier alpha value is -2.23. The van der Waals surface area contributed by atoms with E-state index in [9.17, 15) is 18.0 Å². The predicted molar refractivity (Wildman–Crippen MR) is 115 cm³/mol. The number of hydrogen-bond donors (Lipinski definition) is 1. The third-order valence-corrected chi connectivity index (χ3v) is 5.97. The summed E-state index contributed by atoms with van der Waals surface area (Å²) >= 11 is 18.3. The third-order valence-electron chi connectivity index (χ3n) is 5.10. The fraction of sp³-hybridized carbons (Fsp3) is 0.350. The van der Waals surface area contributed by atoms with Crippen LogP contribution in [0.4, 0.5) is 19.0 Å². The van der Waals surface area contributed by atoms with Crippen molar-refractivity contribution in [3.63, 3.8) is 0 Å². The number of alkyl halides is 3. The van der Waals surface area contributed by atoms with Crippen LogP contribution in [0.2, 0.25) is 15.1 Å². The number of carbonyl (C=O) groups is 1. The Labute approximate surface area is 196 Å². The number of benzene rings is 1. The largest absolute Gasteiger partial charge is 0.435 e. The van der Waals surface area contributed by atoms with Crippen molar-refractivity contribution in [3.05, 3.63) is 62.5 Å². The van der Waals surface area contributed by atoms with Crippen molar-refractivity contribution in [1.29, 1.82) is 0 Å². The maximum Gasteiger partial charge on any atom is 0.435 e. The molecule has 0 saturated heterocycles. The monoisotopic (exact) mass is 505 g/mol. The number of anilines is 1. The molecule has 1 unspecified atom stereocenters. The molecule has 1 aliphatic rings. The molecule has 1 fully saturated rings. The van der Waals surface area contributed by atoms with Gasteiger partial charge in [0.1, 0.15) is 11.1 Å². The molecule has 2 heterocycles. The van der Waals surface area contributed by atoms with E-state index in [2.05, 4.69) is 15.5 Å². The second-order valence-electron chi connectivity index (χ2n) is 7.60. The summed E-state index contributed by atoms with van der Waals surface area (Å²) in [5.41, 5.74) is 0.127. The summed E-state index contributed by atoms with van der Waals surface area (Å²) in [6, 6.07) is 5.06. The first kappa shape index (κ1) is 22.9. The number of carbonyl (C=O) groups excluding carboxylic acids is 1. The van der Waals surface area contributed by atoms with Gasteiger partial charge in [-0.05, 0) is 43.5 Å². The second-order valence-corrected chi connectivity index (χ2v) is 8.85. The Morgan fingerprint density at radius 1 is 1.19 bits per heavy atom. The van der Waals surface area contributed by atoms with Crippen LogP contribution < -0.4 is 5.32 Å². The standard InChI is InChI=1S/C20H17Cl3F3N5O/c1-10(31-16(11-2-3-11)7-17(28-31)20(24,25)26)19(32)27-18-15(23)9-30(29-18)8-12-4-5-13(21)6-14(12)22/h4-7,9-11H,2-3,8H2,1H3,(H,27,29,32). The summed E-state index contributed by atoms with van der Waals surface area (Å²) in [5.74, 6) is -0.522. The van der Waals surface area contributed by atoms with E-state index < -0.39 is 23.8 Å². The lowest BCUT2D eigenvalue weighted by molar-refractivity contribution is -0.141. The van der Waals surface area contributed by atoms with E-state index >= 15 is 0 Å². The molecule has 0 spiro atoms. The minimum Gasteiger partial charge on any atom is -0.306 e. The molecular weight excluding hydrogens is 490 g/mol. The van der Waals surface area contributed by atoms with E-state index in [1.54, 1.807) is 18.2 Å². The van der Waals surface area contributed by atoms with Gasteiger partial charge in [0.05, 0.1) is 6.54 Å². The molecular formula is C20H17Cl3F3N5O. The lowest BCUT2D eigenvalue weighted by Gasteiger charge is -2.15. The molecule has 0 radical (unpaired) electrons. The number of amides is 1. The van der Waals surface area contributed by atoms with Crippen molar-refractivity contribution in [2.75, 3.05) is 5.32 Å². The smallest absolute Gasteiger partial charge is 0.306 e. The summed E-state index contributed by atoms with van der Waals surface area (Å²) in [4.78, 5) is 12.8. The molecule has 1 atom stereocenters. The van der Waals surface area contributed by atoms with E-state index in [-0.39, 0.29) is 23.3 Å². The van der Waals surface area contributed by atoms with Crippen molar-refractivity contribution in [2.24, 2.45) is 0 Å². The highest BCUT2D eigenvalue weighted by Gasteiger charge is 2.39. The zero-order valence-electron chi connectivity index (χ0n) is 16.6. The van der Waals surface area contributed by atoms with Crippen molar-refractivity contribution in [2.45, 2.75) is 44.4 Å². The number of aromatic nitrogens is 4. The minimum atomic E-state index is -4.59. The zero-order chi connectivity index (χ0) is 23.2. The van der Waals surface area contributed by atoms with E-state index in [1.165, 1.54) is 17.8 Å². The normalized spacial score (nSPS) is 15.1. The first-order valence-electron chi connectivity index (χ1n) is 9.67. The van der Waals surface area contributed by atoms with Crippen LogP contribution in [0.25, 0.3) is 0 Å². The van der Waals surface area contributed by atoms with Gasteiger partial charge in [-0.1, -0.05) is 40.9 Å². The molecule has 0 aliphatic heterocycles. The van der Waals surface area contributed by atoms with Crippen LogP contribution in [-0.2, 0) is 17.5 Å². The Bertz CT molecular complexity index is 1170. The fourth-order valence-electron chi connectivity index (χ4n) is 3.26. The van der Waals surface area contributed by atoms with Gasteiger partial charge in [0.25, 0.3) is 0 Å². The molecule has 0 bridgehead atoms. The number of halogens is 6. The Kier molecular flexibility index (Phi) is 6.17. The van der Waals surface area contributed by atoms with Crippen molar-refractivity contribution in [1.82, 2.24) is 19.6 Å². The molecule has 6 nitrogen and oxygen atoms in total. The van der Waals surface area contributed by atoms with E-state index in [4.69, 9.17) is 34.8 Å². The average molecular weight is 507 g/mol. The molecule has 1 amide bonds. The van der Waals surface area contributed by atoms with E-state index in [0.29, 0.717) is 15.7 Å². The van der Waals surface area contributed by atoms with Crippen LogP contribution in [0, 0.1) is 0 Å². The van der Waals surface area contributed by atoms with Gasteiger partial charge >= 0.3 is 6.18 Å². The number of nitrogens with one attached hydrogen (secondary N) is 1. The van der Waals surface area contributed by atoms with Gasteiger partial charge in [0.15, 0.2) is 11.5 Å². The maximum atomic E-state index is 13.1. The summed E-state index contributed by atoms with van der Waals surface area (Å²) in [6.07, 6.45) is -1.55. The predicted octanol–water partition coefficient (Wildman–Crippen LogP) is 6.18. The summed E-state index contributed by atoms with van der Waals surface area (Å²) in [5, 5.41) is 11.6. The topological polar surface area (TPSA) is 64.7 Å². The molecule has 1 aromatic carbocycles. The molecule has 3 aromatic rings. The van der Waals surface area contributed by atoms with Gasteiger partial charge in [-0.3, -0.25) is 14.2 Å². The molecule has 1 aliphatic carbocycles. The van der Waals surface area contributed by atoms with Gasteiger partial charge in [-0.15, -0.1) is 0 Å². The molecule has 12 heteroatoms. The summed E-state index contributed by atoms with van der Waals surface area (Å²) < 4.78 is 42.0.